The molecular formula is C11H13N3S. The number of nitrogens with zero attached hydrogens (tertiary/aromatic N) is 1. The number of H-pyrrole nitrogens is 1. The third-order valence-corrected chi connectivity index (χ3v) is 2.26. The first kappa shape index (κ1) is 10.1. The van der Waals surface area contributed by atoms with Crippen molar-refractivity contribution in [3.63, 3.8) is 0 Å². The molecule has 3 nitrogen and oxygen atoms in total. The third-order valence-electron chi connectivity index (χ3n) is 2.06. The Morgan fingerprint density at radius 3 is 2.80 bits per heavy atom. The first-order valence-electron chi connectivity index (χ1n) is 4.92. The predicted molar refractivity (Wildman–Crippen MR) is 65.7 cm³/mol. The molecule has 0 radical (unpaired) electrons. The highest BCUT2D eigenvalue weighted by atomic mass is 32.1. The van der Waals surface area contributed by atoms with Gasteiger partial charge in [-0.1, -0.05) is 12.1 Å². The highest BCUT2D eigenvalue weighted by molar-refractivity contribution is 7.71. The number of hydrogen-bond acceptors (Lipinski definition) is 3. The van der Waals surface area contributed by atoms with Crippen LogP contribution in [0, 0.1) is 4.77 Å². The van der Waals surface area contributed by atoms with Crippen LogP contribution in [0.3, 0.4) is 0 Å². The van der Waals surface area contributed by atoms with Gasteiger partial charge >= 0.3 is 0 Å². The summed E-state index contributed by atoms with van der Waals surface area (Å²) in [6, 6.07) is 8.34. The molecule has 15 heavy (non-hydrogen) atoms. The van der Waals surface area contributed by atoms with Gasteiger partial charge < -0.3 is 10.3 Å². The smallest absolute Gasteiger partial charge is 0.199 e. The molecule has 0 saturated carbocycles. The molecule has 0 aliphatic carbocycles. The van der Waals surface area contributed by atoms with E-state index in [1.807, 2.05) is 24.3 Å². The molecule has 0 saturated heterocycles. The number of aromatic nitrogens is 2. The van der Waals surface area contributed by atoms with Gasteiger partial charge in [-0.2, -0.15) is 0 Å². The molecule has 1 heterocycles. The molecule has 1 aromatic heterocycles. The maximum absolute atomic E-state index is 5.07. The Bertz CT molecular complexity index is 531. The zero-order valence-corrected chi connectivity index (χ0v) is 9.56. The summed E-state index contributed by atoms with van der Waals surface area (Å²) in [6.07, 6.45) is 0. The Morgan fingerprint density at radius 2 is 2.07 bits per heavy atom. The molecule has 1 aromatic carbocycles. The van der Waals surface area contributed by atoms with Crippen molar-refractivity contribution in [1.29, 1.82) is 0 Å². The topological polar surface area (TPSA) is 40.7 Å². The number of anilines is 1. The van der Waals surface area contributed by atoms with Crippen LogP contribution in [-0.2, 0) is 0 Å². The quantitative estimate of drug-likeness (QED) is 0.762. The van der Waals surface area contributed by atoms with E-state index in [1.54, 1.807) is 0 Å². The van der Waals surface area contributed by atoms with E-state index in [0.29, 0.717) is 10.8 Å². The molecule has 0 spiro atoms. The number of rotatable bonds is 2. The lowest BCUT2D eigenvalue weighted by Gasteiger charge is -2.11. The van der Waals surface area contributed by atoms with Gasteiger partial charge in [0.05, 0.1) is 5.52 Å². The lowest BCUT2D eigenvalue weighted by molar-refractivity contribution is 0.889. The molecule has 2 N–H and O–H groups in total. The highest BCUT2D eigenvalue weighted by Crippen LogP contribution is 2.19. The van der Waals surface area contributed by atoms with Crippen molar-refractivity contribution >= 4 is 28.9 Å². The van der Waals surface area contributed by atoms with E-state index >= 15 is 0 Å². The molecule has 2 aromatic rings. The number of aromatic amines is 1. The van der Waals surface area contributed by atoms with E-state index in [-0.39, 0.29) is 0 Å². The normalized spacial score (nSPS) is 10.9. The van der Waals surface area contributed by atoms with Crippen LogP contribution < -0.4 is 5.32 Å². The first-order valence-corrected chi connectivity index (χ1v) is 5.33. The fourth-order valence-corrected chi connectivity index (χ4v) is 1.69. The number of nitrogens with one attached hydrogen (secondary N) is 2. The maximum Gasteiger partial charge on any atom is 0.199 e. The summed E-state index contributed by atoms with van der Waals surface area (Å²) < 4.78 is 0.511. The van der Waals surface area contributed by atoms with Gasteiger partial charge in [0.2, 0.25) is 0 Å². The van der Waals surface area contributed by atoms with Crippen LogP contribution in [0.15, 0.2) is 24.3 Å². The fourth-order valence-electron chi connectivity index (χ4n) is 1.49. The monoisotopic (exact) mass is 219 g/mol. The Kier molecular flexibility index (Phi) is 2.68. The molecule has 0 aliphatic heterocycles. The van der Waals surface area contributed by atoms with Crippen molar-refractivity contribution in [2.24, 2.45) is 0 Å². The molecule has 0 aliphatic rings. The van der Waals surface area contributed by atoms with E-state index in [0.717, 1.165) is 16.7 Å². The summed E-state index contributed by atoms with van der Waals surface area (Å²) in [5, 5.41) is 4.36. The van der Waals surface area contributed by atoms with Gasteiger partial charge in [0.15, 0.2) is 4.77 Å². The van der Waals surface area contributed by atoms with Crippen LogP contribution in [-0.4, -0.2) is 16.0 Å². The summed E-state index contributed by atoms with van der Waals surface area (Å²) in [5.74, 6) is 0.851. The predicted octanol–water partition coefficient (Wildman–Crippen LogP) is 3.11. The summed E-state index contributed by atoms with van der Waals surface area (Å²) in [4.78, 5) is 7.36. The molecule has 0 unspecified atom stereocenters. The molecule has 4 heteroatoms. The van der Waals surface area contributed by atoms with Gasteiger partial charge in [0.25, 0.3) is 0 Å². The van der Waals surface area contributed by atoms with Gasteiger partial charge in [-0.25, -0.2) is 4.98 Å². The van der Waals surface area contributed by atoms with Crippen molar-refractivity contribution < 1.29 is 0 Å². The van der Waals surface area contributed by atoms with Crippen LogP contribution in [0.4, 0.5) is 5.82 Å². The first-order chi connectivity index (χ1) is 7.16. The number of para-hydroxylation sites is 1. The van der Waals surface area contributed by atoms with Crippen molar-refractivity contribution in [3.8, 4) is 0 Å². The summed E-state index contributed by atoms with van der Waals surface area (Å²) in [6.45, 7) is 4.16. The van der Waals surface area contributed by atoms with Gasteiger partial charge in [0.1, 0.15) is 5.82 Å². The van der Waals surface area contributed by atoms with Crippen LogP contribution in [0.1, 0.15) is 13.8 Å². The minimum atomic E-state index is 0.345. The molecule has 78 valence electrons. The fraction of sp³-hybridized carbons (Fsp3) is 0.273. The van der Waals surface area contributed by atoms with E-state index in [2.05, 4.69) is 29.1 Å². The van der Waals surface area contributed by atoms with Crippen molar-refractivity contribution in [2.45, 2.75) is 19.9 Å². The zero-order chi connectivity index (χ0) is 10.8. The minimum absolute atomic E-state index is 0.345. The van der Waals surface area contributed by atoms with Gasteiger partial charge in [-0.3, -0.25) is 0 Å². The van der Waals surface area contributed by atoms with Crippen LogP contribution >= 0.6 is 12.2 Å². The van der Waals surface area contributed by atoms with Crippen molar-refractivity contribution in [2.75, 3.05) is 5.32 Å². The lowest BCUT2D eigenvalue weighted by Crippen LogP contribution is -2.11. The lowest BCUT2D eigenvalue weighted by atomic mass is 10.2. The second-order valence-electron chi connectivity index (χ2n) is 3.74. The minimum Gasteiger partial charge on any atom is -0.367 e. The van der Waals surface area contributed by atoms with E-state index < -0.39 is 0 Å². The van der Waals surface area contributed by atoms with Gasteiger partial charge in [-0.15, -0.1) is 0 Å². The SMILES string of the molecule is CC(C)Nc1nc(=S)[nH]c2ccccc12. The average Bonchev–Trinajstić information content (AvgIpc) is 2.16. The Labute approximate surface area is 93.6 Å². The van der Waals surface area contributed by atoms with Crippen LogP contribution in [0.25, 0.3) is 10.9 Å². The second kappa shape index (κ2) is 3.98. The molecule has 0 bridgehead atoms. The van der Waals surface area contributed by atoms with Gasteiger partial charge in [-0.05, 0) is 38.2 Å². The standard InChI is InChI=1S/C11H13N3S/c1-7(2)12-10-8-5-3-4-6-9(8)13-11(15)14-10/h3-7H,1-2H3,(H2,12,13,14,15). The molecule has 0 amide bonds. The Balaban J connectivity index is 2.66. The zero-order valence-electron chi connectivity index (χ0n) is 8.74. The van der Waals surface area contributed by atoms with E-state index in [9.17, 15) is 0 Å². The molecule has 2 rings (SSSR count). The summed E-state index contributed by atoms with van der Waals surface area (Å²) in [5.41, 5.74) is 1.01. The second-order valence-corrected chi connectivity index (χ2v) is 4.12. The van der Waals surface area contributed by atoms with Crippen molar-refractivity contribution in [1.82, 2.24) is 9.97 Å². The average molecular weight is 219 g/mol. The molecule has 0 fully saturated rings. The Hall–Kier alpha value is -1.42. The maximum atomic E-state index is 5.07. The molecular weight excluding hydrogens is 206 g/mol. The number of benzene rings is 1. The van der Waals surface area contributed by atoms with Crippen LogP contribution in [0.5, 0.6) is 0 Å². The van der Waals surface area contributed by atoms with E-state index in [4.69, 9.17) is 12.2 Å². The number of hydrogen-bond donors (Lipinski definition) is 2. The van der Waals surface area contributed by atoms with Crippen molar-refractivity contribution in [3.05, 3.63) is 29.0 Å². The van der Waals surface area contributed by atoms with Gasteiger partial charge in [0, 0.05) is 11.4 Å². The third kappa shape index (κ3) is 2.15. The van der Waals surface area contributed by atoms with E-state index in [1.165, 1.54) is 0 Å². The summed E-state index contributed by atoms with van der Waals surface area (Å²) >= 11 is 5.07. The molecule has 0 atom stereocenters. The Morgan fingerprint density at radius 1 is 1.33 bits per heavy atom. The number of fused-ring (bicyclic) bond motifs is 1. The highest BCUT2D eigenvalue weighted by Gasteiger charge is 2.03. The largest absolute Gasteiger partial charge is 0.367 e. The van der Waals surface area contributed by atoms with Crippen LogP contribution in [0.2, 0.25) is 0 Å². The summed E-state index contributed by atoms with van der Waals surface area (Å²) in [7, 11) is 0.